The summed E-state index contributed by atoms with van der Waals surface area (Å²) in [4.78, 5) is 12.7. The van der Waals surface area contributed by atoms with Crippen LogP contribution in [0.25, 0.3) is 0 Å². The van der Waals surface area contributed by atoms with E-state index in [-0.39, 0.29) is 10.8 Å². The Hall–Kier alpha value is -3.52. The van der Waals surface area contributed by atoms with Gasteiger partial charge in [0.05, 0.1) is 12.0 Å². The van der Waals surface area contributed by atoms with E-state index in [2.05, 4.69) is 16.1 Å². The monoisotopic (exact) mass is 468 g/mol. The molecule has 0 bridgehead atoms. The van der Waals surface area contributed by atoms with Gasteiger partial charge in [-0.25, -0.2) is 8.42 Å². The van der Waals surface area contributed by atoms with E-state index in [1.54, 1.807) is 31.2 Å². The highest BCUT2D eigenvalue weighted by molar-refractivity contribution is 7.92. The lowest BCUT2D eigenvalue weighted by molar-refractivity contribution is -0.122. The SMILES string of the molecule is COc1ccc(NS(=O)(=O)c2ccc(NC(=O)[C@@H](C)Oc3cc(C)cc(C)c3C)cc2)cc1. The van der Waals surface area contributed by atoms with Crippen LogP contribution >= 0.6 is 0 Å². The van der Waals surface area contributed by atoms with Gasteiger partial charge in [-0.15, -0.1) is 0 Å². The van der Waals surface area contributed by atoms with Crippen LogP contribution in [0, 0.1) is 20.8 Å². The molecule has 0 fully saturated rings. The fourth-order valence-electron chi connectivity index (χ4n) is 3.20. The number of nitrogens with one attached hydrogen (secondary N) is 2. The number of aryl methyl sites for hydroxylation is 2. The Morgan fingerprint density at radius 2 is 1.52 bits per heavy atom. The molecule has 3 aromatic carbocycles. The van der Waals surface area contributed by atoms with Crippen molar-refractivity contribution >= 4 is 27.3 Å². The Morgan fingerprint density at radius 3 is 2.12 bits per heavy atom. The van der Waals surface area contributed by atoms with Crippen LogP contribution in [-0.2, 0) is 14.8 Å². The Kier molecular flexibility index (Phi) is 7.28. The summed E-state index contributed by atoms with van der Waals surface area (Å²) in [5, 5.41) is 2.76. The van der Waals surface area contributed by atoms with Crippen molar-refractivity contribution in [2.24, 2.45) is 0 Å². The van der Waals surface area contributed by atoms with E-state index < -0.39 is 16.1 Å². The average molecular weight is 469 g/mol. The van der Waals surface area contributed by atoms with Crippen LogP contribution in [0.3, 0.4) is 0 Å². The Balaban J connectivity index is 1.65. The average Bonchev–Trinajstić information content (AvgIpc) is 2.77. The van der Waals surface area contributed by atoms with Crippen LogP contribution in [0.2, 0.25) is 0 Å². The maximum atomic E-state index is 12.6. The van der Waals surface area contributed by atoms with E-state index >= 15 is 0 Å². The molecule has 3 aromatic rings. The summed E-state index contributed by atoms with van der Waals surface area (Å²) < 4.78 is 38.7. The van der Waals surface area contributed by atoms with Crippen LogP contribution < -0.4 is 19.5 Å². The van der Waals surface area contributed by atoms with Gasteiger partial charge in [0.2, 0.25) is 0 Å². The maximum absolute atomic E-state index is 12.6. The largest absolute Gasteiger partial charge is 0.497 e. The molecule has 0 saturated carbocycles. The smallest absolute Gasteiger partial charge is 0.265 e. The number of carbonyl (C=O) groups is 1. The van der Waals surface area contributed by atoms with Crippen molar-refractivity contribution in [3.05, 3.63) is 77.4 Å². The molecule has 0 spiro atoms. The van der Waals surface area contributed by atoms with Crippen molar-refractivity contribution in [3.8, 4) is 11.5 Å². The molecular weight excluding hydrogens is 440 g/mol. The molecule has 0 aliphatic heterocycles. The molecule has 0 unspecified atom stereocenters. The highest BCUT2D eigenvalue weighted by Gasteiger charge is 2.18. The Labute approximate surface area is 194 Å². The van der Waals surface area contributed by atoms with Crippen LogP contribution in [0.1, 0.15) is 23.6 Å². The first-order valence-electron chi connectivity index (χ1n) is 10.4. The standard InChI is InChI=1S/C25H28N2O5S/c1-16-14-17(2)18(3)24(15-16)32-19(4)25(28)26-20-8-12-23(13-9-20)33(29,30)27-21-6-10-22(31-5)11-7-21/h6-15,19,27H,1-5H3,(H,26,28)/t19-/m1/s1. The number of hydrogen-bond acceptors (Lipinski definition) is 5. The van der Waals surface area contributed by atoms with Gasteiger partial charge in [-0.3, -0.25) is 9.52 Å². The summed E-state index contributed by atoms with van der Waals surface area (Å²) in [6.45, 7) is 7.60. The van der Waals surface area contributed by atoms with Crippen molar-refractivity contribution < 1.29 is 22.7 Å². The summed E-state index contributed by atoms with van der Waals surface area (Å²) in [5.74, 6) is 0.964. The molecule has 1 amide bonds. The zero-order valence-corrected chi connectivity index (χ0v) is 20.1. The quantitative estimate of drug-likeness (QED) is 0.494. The molecule has 0 radical (unpaired) electrons. The highest BCUT2D eigenvalue weighted by atomic mass is 32.2. The van der Waals surface area contributed by atoms with Gasteiger partial charge in [-0.05, 0) is 99.0 Å². The normalized spacial score (nSPS) is 12.0. The number of anilines is 2. The fraction of sp³-hybridized carbons (Fsp3) is 0.240. The lowest BCUT2D eigenvalue weighted by Gasteiger charge is -2.18. The number of ether oxygens (including phenoxy) is 2. The van der Waals surface area contributed by atoms with Gasteiger partial charge in [0.25, 0.3) is 15.9 Å². The topological polar surface area (TPSA) is 93.7 Å². The molecule has 0 heterocycles. The zero-order valence-electron chi connectivity index (χ0n) is 19.3. The number of rotatable bonds is 8. The first-order chi connectivity index (χ1) is 15.6. The number of benzene rings is 3. The third-order valence-electron chi connectivity index (χ3n) is 5.21. The molecule has 33 heavy (non-hydrogen) atoms. The van der Waals surface area contributed by atoms with Gasteiger partial charge in [-0.1, -0.05) is 6.07 Å². The van der Waals surface area contributed by atoms with Gasteiger partial charge in [0, 0.05) is 11.4 Å². The van der Waals surface area contributed by atoms with E-state index in [9.17, 15) is 13.2 Å². The summed E-state index contributed by atoms with van der Waals surface area (Å²) in [5.41, 5.74) is 4.02. The summed E-state index contributed by atoms with van der Waals surface area (Å²) in [6, 6.07) is 16.5. The maximum Gasteiger partial charge on any atom is 0.265 e. The molecule has 1 atom stereocenters. The van der Waals surface area contributed by atoms with Crippen molar-refractivity contribution in [1.82, 2.24) is 0 Å². The molecule has 8 heteroatoms. The Bertz CT molecular complexity index is 1240. The number of hydrogen-bond donors (Lipinski definition) is 2. The van der Waals surface area contributed by atoms with Crippen LogP contribution in [0.5, 0.6) is 11.5 Å². The van der Waals surface area contributed by atoms with Crippen molar-refractivity contribution in [3.63, 3.8) is 0 Å². The van der Waals surface area contributed by atoms with E-state index in [0.717, 1.165) is 16.7 Å². The second-order valence-electron chi connectivity index (χ2n) is 7.81. The minimum atomic E-state index is -3.78. The number of carbonyl (C=O) groups excluding carboxylic acids is 1. The van der Waals surface area contributed by atoms with Gasteiger partial charge < -0.3 is 14.8 Å². The Morgan fingerprint density at radius 1 is 0.909 bits per heavy atom. The van der Waals surface area contributed by atoms with E-state index in [0.29, 0.717) is 22.9 Å². The van der Waals surface area contributed by atoms with Crippen molar-refractivity contribution in [2.75, 3.05) is 17.1 Å². The lowest BCUT2D eigenvalue weighted by atomic mass is 10.1. The van der Waals surface area contributed by atoms with Gasteiger partial charge >= 0.3 is 0 Å². The van der Waals surface area contributed by atoms with Crippen molar-refractivity contribution in [1.29, 1.82) is 0 Å². The number of amides is 1. The van der Waals surface area contributed by atoms with E-state index in [1.807, 2.05) is 26.8 Å². The molecular formula is C25H28N2O5S. The number of methoxy groups -OCH3 is 1. The molecule has 174 valence electrons. The van der Waals surface area contributed by atoms with Crippen LogP contribution in [-0.4, -0.2) is 27.5 Å². The minimum absolute atomic E-state index is 0.0754. The van der Waals surface area contributed by atoms with E-state index in [1.165, 1.54) is 31.4 Å². The van der Waals surface area contributed by atoms with Gasteiger partial charge in [-0.2, -0.15) is 0 Å². The molecule has 2 N–H and O–H groups in total. The van der Waals surface area contributed by atoms with E-state index in [4.69, 9.17) is 9.47 Å². The van der Waals surface area contributed by atoms with Crippen LogP contribution in [0.4, 0.5) is 11.4 Å². The first-order valence-corrected chi connectivity index (χ1v) is 11.9. The molecule has 0 saturated heterocycles. The predicted octanol–water partition coefficient (Wildman–Crippen LogP) is 4.83. The van der Waals surface area contributed by atoms with Gasteiger partial charge in [0.15, 0.2) is 6.10 Å². The molecule has 0 aliphatic carbocycles. The fourth-order valence-corrected chi connectivity index (χ4v) is 4.26. The number of sulfonamides is 1. The lowest BCUT2D eigenvalue weighted by Crippen LogP contribution is -2.30. The molecule has 7 nitrogen and oxygen atoms in total. The summed E-state index contributed by atoms with van der Waals surface area (Å²) >= 11 is 0. The summed E-state index contributed by atoms with van der Waals surface area (Å²) in [6.07, 6.45) is -0.731. The zero-order chi connectivity index (χ0) is 24.2. The second kappa shape index (κ2) is 9.95. The van der Waals surface area contributed by atoms with Crippen molar-refractivity contribution in [2.45, 2.75) is 38.7 Å². The predicted molar refractivity (Wildman–Crippen MR) is 130 cm³/mol. The first kappa shape index (κ1) is 24.1. The van der Waals surface area contributed by atoms with Crippen LogP contribution in [0.15, 0.2) is 65.6 Å². The third-order valence-corrected chi connectivity index (χ3v) is 6.61. The summed E-state index contributed by atoms with van der Waals surface area (Å²) in [7, 11) is -2.24. The highest BCUT2D eigenvalue weighted by Crippen LogP contribution is 2.25. The molecule has 0 aliphatic rings. The third kappa shape index (κ3) is 6.04. The minimum Gasteiger partial charge on any atom is -0.497 e. The molecule has 0 aromatic heterocycles. The second-order valence-corrected chi connectivity index (χ2v) is 9.50. The van der Waals surface area contributed by atoms with Gasteiger partial charge in [0.1, 0.15) is 11.5 Å². The molecule has 3 rings (SSSR count).